The molecular formula is C8H10BrF6NO2. The number of hydrogen-bond donors (Lipinski definition) is 1. The van der Waals surface area contributed by atoms with Crippen molar-refractivity contribution in [1.29, 1.82) is 0 Å². The Bertz CT molecular complexity index is 266. The number of methoxy groups -OCH3 is 1. The van der Waals surface area contributed by atoms with Gasteiger partial charge in [0.15, 0.2) is 0 Å². The number of rotatable bonds is 5. The highest BCUT2D eigenvalue weighted by molar-refractivity contribution is 9.09. The molecule has 18 heavy (non-hydrogen) atoms. The number of halogens is 7. The molecule has 0 heterocycles. The van der Waals surface area contributed by atoms with Crippen molar-refractivity contribution in [3.8, 4) is 0 Å². The van der Waals surface area contributed by atoms with Crippen LogP contribution in [0.3, 0.4) is 0 Å². The fraction of sp³-hybridized carbons (Fsp3) is 0.875. The van der Waals surface area contributed by atoms with Crippen LogP contribution >= 0.6 is 15.9 Å². The molecule has 1 atom stereocenters. The zero-order valence-corrected chi connectivity index (χ0v) is 10.6. The Morgan fingerprint density at radius 2 is 1.67 bits per heavy atom. The maximum atomic E-state index is 12.1. The SMILES string of the molecule is COCC(Br)CNC(=O)C(C(F)(F)F)C(F)(F)F. The highest BCUT2D eigenvalue weighted by Gasteiger charge is 2.61. The number of ether oxygens (including phenoxy) is 1. The summed E-state index contributed by atoms with van der Waals surface area (Å²) in [4.78, 5) is 10.4. The molecule has 1 unspecified atom stereocenters. The van der Waals surface area contributed by atoms with E-state index in [9.17, 15) is 31.1 Å². The molecule has 3 nitrogen and oxygen atoms in total. The van der Waals surface area contributed by atoms with Crippen molar-refractivity contribution in [2.45, 2.75) is 17.2 Å². The summed E-state index contributed by atoms with van der Waals surface area (Å²) in [6.07, 6.45) is -11.4. The number of alkyl halides is 7. The normalized spacial score (nSPS) is 14.7. The van der Waals surface area contributed by atoms with Crippen LogP contribution in [0.15, 0.2) is 0 Å². The maximum absolute atomic E-state index is 12.1. The molecule has 0 fully saturated rings. The van der Waals surface area contributed by atoms with Crippen molar-refractivity contribution >= 4 is 21.8 Å². The van der Waals surface area contributed by atoms with Gasteiger partial charge in [-0.3, -0.25) is 4.79 Å². The molecule has 0 rings (SSSR count). The van der Waals surface area contributed by atoms with Crippen LogP contribution in [0, 0.1) is 5.92 Å². The van der Waals surface area contributed by atoms with Gasteiger partial charge in [0.1, 0.15) is 0 Å². The van der Waals surface area contributed by atoms with Gasteiger partial charge in [0.25, 0.3) is 0 Å². The number of carbonyl (C=O) groups excluding carboxylic acids is 1. The molecular weight excluding hydrogens is 336 g/mol. The maximum Gasteiger partial charge on any atom is 0.409 e. The van der Waals surface area contributed by atoms with E-state index < -0.39 is 35.5 Å². The molecule has 108 valence electrons. The molecule has 0 bridgehead atoms. The lowest BCUT2D eigenvalue weighted by molar-refractivity contribution is -0.274. The summed E-state index contributed by atoms with van der Waals surface area (Å²) < 4.78 is 77.3. The van der Waals surface area contributed by atoms with Gasteiger partial charge in [0.2, 0.25) is 11.8 Å². The fourth-order valence-corrected chi connectivity index (χ4v) is 1.46. The zero-order valence-electron chi connectivity index (χ0n) is 9.03. The summed E-state index contributed by atoms with van der Waals surface area (Å²) in [5.41, 5.74) is 0. The molecule has 10 heteroatoms. The monoisotopic (exact) mass is 345 g/mol. The molecule has 0 aliphatic rings. The minimum atomic E-state index is -5.68. The standard InChI is InChI=1S/C8H10BrF6NO2/c1-18-3-4(9)2-16-6(17)5(7(10,11)12)8(13,14)15/h4-5H,2-3H2,1H3,(H,16,17). The third-order valence-electron chi connectivity index (χ3n) is 1.76. The van der Waals surface area contributed by atoms with E-state index in [0.29, 0.717) is 0 Å². The Hall–Kier alpha value is -0.510. The van der Waals surface area contributed by atoms with E-state index in [4.69, 9.17) is 0 Å². The summed E-state index contributed by atoms with van der Waals surface area (Å²) in [6.45, 7) is -0.377. The summed E-state index contributed by atoms with van der Waals surface area (Å²) in [5.74, 6) is -6.15. The molecule has 1 amide bonds. The first kappa shape index (κ1) is 17.5. The zero-order chi connectivity index (χ0) is 14.6. The lowest BCUT2D eigenvalue weighted by atomic mass is 10.1. The van der Waals surface area contributed by atoms with Crippen LogP contribution in [0.2, 0.25) is 0 Å². The van der Waals surface area contributed by atoms with Gasteiger partial charge in [0, 0.05) is 13.7 Å². The summed E-state index contributed by atoms with van der Waals surface area (Å²) >= 11 is 2.91. The number of carbonyl (C=O) groups is 1. The van der Waals surface area contributed by atoms with E-state index in [1.807, 2.05) is 0 Å². The number of hydrogen-bond acceptors (Lipinski definition) is 2. The lowest BCUT2D eigenvalue weighted by Crippen LogP contribution is -2.49. The molecule has 0 aromatic carbocycles. The van der Waals surface area contributed by atoms with E-state index in [2.05, 4.69) is 20.7 Å². The summed E-state index contributed by atoms with van der Waals surface area (Å²) in [7, 11) is 1.30. The van der Waals surface area contributed by atoms with Crippen molar-refractivity contribution in [2.75, 3.05) is 20.3 Å². The van der Waals surface area contributed by atoms with E-state index in [0.717, 1.165) is 0 Å². The highest BCUT2D eigenvalue weighted by Crippen LogP contribution is 2.39. The van der Waals surface area contributed by atoms with Gasteiger partial charge in [-0.15, -0.1) is 0 Å². The predicted molar refractivity (Wildman–Crippen MR) is 53.2 cm³/mol. The van der Waals surface area contributed by atoms with Crippen molar-refractivity contribution < 1.29 is 35.9 Å². The van der Waals surface area contributed by atoms with Crippen LogP contribution in [0.1, 0.15) is 0 Å². The second-order valence-corrected chi connectivity index (χ2v) is 4.61. The predicted octanol–water partition coefficient (Wildman–Crippen LogP) is 2.25. The van der Waals surface area contributed by atoms with Crippen LogP contribution < -0.4 is 5.32 Å². The largest absolute Gasteiger partial charge is 0.409 e. The molecule has 0 aromatic rings. The number of amides is 1. The number of nitrogens with one attached hydrogen (secondary N) is 1. The van der Waals surface area contributed by atoms with Crippen LogP contribution in [0.4, 0.5) is 26.3 Å². The van der Waals surface area contributed by atoms with Crippen molar-refractivity contribution in [3.63, 3.8) is 0 Å². The van der Waals surface area contributed by atoms with Crippen molar-refractivity contribution in [2.24, 2.45) is 5.92 Å². The Kier molecular flexibility index (Phi) is 6.41. The van der Waals surface area contributed by atoms with Crippen molar-refractivity contribution in [1.82, 2.24) is 5.32 Å². The fourth-order valence-electron chi connectivity index (χ4n) is 1.04. The molecule has 0 aromatic heterocycles. The van der Waals surface area contributed by atoms with Gasteiger partial charge >= 0.3 is 12.4 Å². The summed E-state index contributed by atoms with van der Waals surface area (Å²) in [5, 5.41) is 1.57. The smallest absolute Gasteiger partial charge is 0.383 e. The van der Waals surface area contributed by atoms with Crippen LogP contribution in [-0.2, 0) is 9.53 Å². The second-order valence-electron chi connectivity index (χ2n) is 3.31. The summed E-state index contributed by atoms with van der Waals surface area (Å²) in [6, 6.07) is 0. The average molecular weight is 346 g/mol. The first-order chi connectivity index (χ1) is 8.00. The van der Waals surface area contributed by atoms with Gasteiger partial charge in [0.05, 0.1) is 11.4 Å². The first-order valence-electron chi connectivity index (χ1n) is 4.54. The Balaban J connectivity index is 4.61. The minimum Gasteiger partial charge on any atom is -0.383 e. The van der Waals surface area contributed by atoms with E-state index in [-0.39, 0.29) is 6.61 Å². The Morgan fingerprint density at radius 1 is 1.22 bits per heavy atom. The molecule has 0 aliphatic heterocycles. The van der Waals surface area contributed by atoms with Gasteiger partial charge < -0.3 is 10.1 Å². The highest BCUT2D eigenvalue weighted by atomic mass is 79.9. The first-order valence-corrected chi connectivity index (χ1v) is 5.45. The van der Waals surface area contributed by atoms with Gasteiger partial charge in [-0.05, 0) is 0 Å². The molecule has 0 saturated heterocycles. The van der Waals surface area contributed by atoms with Gasteiger partial charge in [-0.2, -0.15) is 26.3 Å². The molecule has 0 radical (unpaired) electrons. The minimum absolute atomic E-state index is 0.0307. The third kappa shape index (κ3) is 5.89. The molecule has 1 N–H and O–H groups in total. The Labute approximate surface area is 107 Å². The quantitative estimate of drug-likeness (QED) is 0.613. The van der Waals surface area contributed by atoms with Crippen LogP contribution in [0.5, 0.6) is 0 Å². The van der Waals surface area contributed by atoms with E-state index in [1.54, 1.807) is 5.32 Å². The average Bonchev–Trinajstić information content (AvgIpc) is 2.10. The van der Waals surface area contributed by atoms with Gasteiger partial charge in [-0.1, -0.05) is 15.9 Å². The Morgan fingerprint density at radius 3 is 2.00 bits per heavy atom. The van der Waals surface area contributed by atoms with Crippen molar-refractivity contribution in [3.05, 3.63) is 0 Å². The topological polar surface area (TPSA) is 38.3 Å². The molecule has 0 spiro atoms. The third-order valence-corrected chi connectivity index (χ3v) is 2.35. The van der Waals surface area contributed by atoms with E-state index >= 15 is 0 Å². The molecule has 0 saturated carbocycles. The lowest BCUT2D eigenvalue weighted by Gasteiger charge is -2.22. The second kappa shape index (κ2) is 6.60. The van der Waals surface area contributed by atoms with E-state index in [1.165, 1.54) is 7.11 Å². The van der Waals surface area contributed by atoms with Gasteiger partial charge in [-0.25, -0.2) is 0 Å². The van der Waals surface area contributed by atoms with Crippen LogP contribution in [0.25, 0.3) is 0 Å². The molecule has 0 aliphatic carbocycles. The van der Waals surface area contributed by atoms with Crippen LogP contribution in [-0.4, -0.2) is 43.3 Å².